The molecule has 0 aliphatic carbocycles. The number of aromatic amines is 1. The number of nitrogens with one attached hydrogen (secondary N) is 1. The molecule has 0 saturated heterocycles. The van der Waals surface area contributed by atoms with Crippen molar-refractivity contribution < 1.29 is 4.42 Å². The maximum Gasteiger partial charge on any atom is 0.135 e. The molecule has 5 aromatic carbocycles. The van der Waals surface area contributed by atoms with E-state index in [4.69, 9.17) is 4.42 Å². The second kappa shape index (κ2) is 14.2. The Labute approximate surface area is 267 Å². The number of furan rings is 1. The average Bonchev–Trinajstić information content (AvgIpc) is 3.73. The molecule has 4 heteroatoms. The molecule has 8 rings (SSSR count). The first-order valence-electron chi connectivity index (χ1n) is 15.8. The van der Waals surface area contributed by atoms with Gasteiger partial charge in [-0.1, -0.05) is 99.5 Å². The zero-order valence-corrected chi connectivity index (χ0v) is 27.2. The number of hydrogen-bond donors (Lipinski definition) is 1. The molecule has 3 heterocycles. The number of fused-ring (bicyclic) bond motifs is 7. The normalized spacial score (nSPS) is 11.0. The van der Waals surface area contributed by atoms with Gasteiger partial charge in [-0.2, -0.15) is 0 Å². The lowest BCUT2D eigenvalue weighted by atomic mass is 9.98. The van der Waals surface area contributed by atoms with Gasteiger partial charge in [0.2, 0.25) is 0 Å². The van der Waals surface area contributed by atoms with Crippen LogP contribution in [0.2, 0.25) is 6.82 Å². The highest BCUT2D eigenvalue weighted by molar-refractivity contribution is 6.10. The highest BCUT2D eigenvalue weighted by Crippen LogP contribution is 2.33. The van der Waals surface area contributed by atoms with Crippen LogP contribution in [0.15, 0.2) is 120 Å². The number of allylic oxidation sites excluding steroid dienone is 1. The second-order valence-electron chi connectivity index (χ2n) is 10.7. The molecule has 3 aromatic heterocycles. The molecule has 8 aromatic rings. The molecule has 0 aliphatic rings. The number of para-hydroxylation sites is 3. The third kappa shape index (κ3) is 6.06. The second-order valence-corrected chi connectivity index (χ2v) is 10.7. The van der Waals surface area contributed by atoms with E-state index in [2.05, 4.69) is 122 Å². The van der Waals surface area contributed by atoms with Crippen LogP contribution in [0.25, 0.3) is 60.7 Å². The van der Waals surface area contributed by atoms with Crippen molar-refractivity contribution >= 4 is 68.5 Å². The Hall–Kier alpha value is -4.96. The molecule has 224 valence electrons. The Balaban J connectivity index is 0.000000198. The minimum absolute atomic E-state index is 0.931. The number of rotatable bonds is 3. The largest absolute Gasteiger partial charge is 0.456 e. The number of nitrogens with zero attached hydrogens (tertiary/aromatic N) is 1. The lowest BCUT2D eigenvalue weighted by Crippen LogP contribution is -1.90. The minimum Gasteiger partial charge on any atom is -0.456 e. The van der Waals surface area contributed by atoms with Crippen LogP contribution in [0.3, 0.4) is 0 Å². The first-order valence-corrected chi connectivity index (χ1v) is 15.8. The Morgan fingerprint density at radius 1 is 0.711 bits per heavy atom. The lowest BCUT2D eigenvalue weighted by Gasteiger charge is -2.06. The van der Waals surface area contributed by atoms with Crippen molar-refractivity contribution in [1.29, 1.82) is 0 Å². The number of aryl methyl sites for hydroxylation is 2. The van der Waals surface area contributed by atoms with Crippen molar-refractivity contribution in [2.45, 2.75) is 40.9 Å². The topological polar surface area (TPSA) is 33.9 Å². The summed E-state index contributed by atoms with van der Waals surface area (Å²) in [7, 11) is 6.66. The summed E-state index contributed by atoms with van der Waals surface area (Å²) < 4.78 is 7.96. The number of H-pyrrole nitrogens is 1. The molecule has 0 fully saturated rings. The summed E-state index contributed by atoms with van der Waals surface area (Å²) in [5, 5.41) is 6.51. The first-order chi connectivity index (χ1) is 22.1. The standard InChI is InChI=1S/C26H20N2.C12H12O.C2H6.CH3B/c1-28-24-11-5-3-9-20(24)26-18(7-6-12-25(26)28)15-17-13-14-23-21(16-17)19-8-2-4-10-22(19)27-23;1-3-6-11-9(2)10-7-4-5-8-12(10)13-11;2*1-2/h2-14,16,27H,15H2,1H3;3-8H,1-2H3;1-2H3;1H3/b;6-3-;;. The smallest absolute Gasteiger partial charge is 0.135 e. The van der Waals surface area contributed by atoms with Gasteiger partial charge in [0.05, 0.1) is 7.85 Å². The van der Waals surface area contributed by atoms with Gasteiger partial charge in [-0.15, -0.1) is 0 Å². The Morgan fingerprint density at radius 3 is 2.11 bits per heavy atom. The molecule has 2 radical (unpaired) electrons. The lowest BCUT2D eigenvalue weighted by molar-refractivity contribution is 0.601. The van der Waals surface area contributed by atoms with Gasteiger partial charge in [-0.05, 0) is 73.9 Å². The van der Waals surface area contributed by atoms with Crippen LogP contribution in [0.5, 0.6) is 0 Å². The van der Waals surface area contributed by atoms with Crippen molar-refractivity contribution in [3.63, 3.8) is 0 Å². The highest BCUT2D eigenvalue weighted by atomic mass is 16.3. The molecule has 0 atom stereocenters. The Bertz CT molecular complexity index is 2230. The number of hydrogen-bond acceptors (Lipinski definition) is 1. The SMILES string of the molecule is C/C=C\c1oc2ccccc2c1C.CC.Cn1c2ccccc2c2c(Cc3ccc4[nH]c5ccccc5c4c3)cccc21.[B]C. The van der Waals surface area contributed by atoms with E-state index in [0.717, 1.165) is 17.8 Å². The first kappa shape index (κ1) is 31.5. The predicted molar refractivity (Wildman–Crippen MR) is 198 cm³/mol. The molecule has 0 spiro atoms. The maximum absolute atomic E-state index is 5.65. The zero-order chi connectivity index (χ0) is 31.9. The molecule has 45 heavy (non-hydrogen) atoms. The predicted octanol–water partition coefficient (Wildman–Crippen LogP) is 11.6. The van der Waals surface area contributed by atoms with Gasteiger partial charge >= 0.3 is 0 Å². The van der Waals surface area contributed by atoms with E-state index in [1.165, 1.54) is 72.5 Å². The van der Waals surface area contributed by atoms with Gasteiger partial charge in [-0.3, -0.25) is 0 Å². The molecular formula is C41H41BN2O. The third-order valence-corrected chi connectivity index (χ3v) is 8.19. The quantitative estimate of drug-likeness (QED) is 0.205. The molecule has 1 N–H and O–H groups in total. The van der Waals surface area contributed by atoms with Crippen LogP contribution in [0.4, 0.5) is 0 Å². The molecular weight excluding hydrogens is 547 g/mol. The molecule has 0 aliphatic heterocycles. The molecule has 0 saturated carbocycles. The van der Waals surface area contributed by atoms with Crippen LogP contribution in [0, 0.1) is 6.92 Å². The van der Waals surface area contributed by atoms with Gasteiger partial charge in [0.15, 0.2) is 0 Å². The van der Waals surface area contributed by atoms with Crippen molar-refractivity contribution in [2.24, 2.45) is 7.05 Å². The summed E-state index contributed by atoms with van der Waals surface area (Å²) in [5.41, 5.74) is 9.90. The van der Waals surface area contributed by atoms with Gasteiger partial charge in [0.1, 0.15) is 11.3 Å². The van der Waals surface area contributed by atoms with Crippen molar-refractivity contribution in [3.05, 3.63) is 138 Å². The van der Waals surface area contributed by atoms with Crippen LogP contribution >= 0.6 is 0 Å². The maximum atomic E-state index is 5.65. The summed E-state index contributed by atoms with van der Waals surface area (Å²) in [6, 6.07) is 38.8. The van der Waals surface area contributed by atoms with E-state index in [9.17, 15) is 0 Å². The Kier molecular flexibility index (Phi) is 9.94. The number of benzene rings is 5. The third-order valence-electron chi connectivity index (χ3n) is 8.19. The van der Waals surface area contributed by atoms with Gasteiger partial charge in [-0.25, -0.2) is 0 Å². The monoisotopic (exact) mass is 588 g/mol. The summed E-state index contributed by atoms with van der Waals surface area (Å²) in [6.45, 7) is 9.58. The summed E-state index contributed by atoms with van der Waals surface area (Å²) in [5.74, 6) is 0.962. The fraction of sp³-hybridized carbons (Fsp3) is 0.171. The number of aromatic nitrogens is 2. The van der Waals surface area contributed by atoms with Crippen molar-refractivity contribution in [3.8, 4) is 0 Å². The highest BCUT2D eigenvalue weighted by Gasteiger charge is 2.12. The summed E-state index contributed by atoms with van der Waals surface area (Å²) in [4.78, 5) is 3.52. The minimum atomic E-state index is 0.931. The van der Waals surface area contributed by atoms with Crippen molar-refractivity contribution in [2.75, 3.05) is 0 Å². The summed E-state index contributed by atoms with van der Waals surface area (Å²) >= 11 is 0. The van der Waals surface area contributed by atoms with Crippen LogP contribution in [0.1, 0.15) is 43.2 Å². The van der Waals surface area contributed by atoms with Gasteiger partial charge < -0.3 is 14.0 Å². The van der Waals surface area contributed by atoms with Crippen LogP contribution in [-0.2, 0) is 13.5 Å². The van der Waals surface area contributed by atoms with E-state index < -0.39 is 0 Å². The van der Waals surface area contributed by atoms with Crippen LogP contribution in [-0.4, -0.2) is 17.4 Å². The zero-order valence-electron chi connectivity index (χ0n) is 27.2. The summed E-state index contributed by atoms with van der Waals surface area (Å²) in [6.07, 6.45) is 4.92. The van der Waals surface area contributed by atoms with Gasteiger partial charge in [0.25, 0.3) is 0 Å². The van der Waals surface area contributed by atoms with Crippen molar-refractivity contribution in [1.82, 2.24) is 9.55 Å². The molecule has 0 amide bonds. The van der Waals surface area contributed by atoms with Gasteiger partial charge in [0, 0.05) is 61.6 Å². The molecule has 0 bridgehead atoms. The average molecular weight is 589 g/mol. The van der Waals surface area contributed by atoms with E-state index in [1.54, 1.807) is 0 Å². The van der Waals surface area contributed by atoms with E-state index >= 15 is 0 Å². The van der Waals surface area contributed by atoms with Crippen LogP contribution < -0.4 is 0 Å². The van der Waals surface area contributed by atoms with E-state index in [1.807, 2.05) is 51.1 Å². The van der Waals surface area contributed by atoms with E-state index in [0.29, 0.717) is 0 Å². The molecule has 0 unspecified atom stereocenters. The Morgan fingerprint density at radius 2 is 1.36 bits per heavy atom. The molecule has 3 nitrogen and oxygen atoms in total. The fourth-order valence-electron chi connectivity index (χ4n) is 6.16. The van der Waals surface area contributed by atoms with E-state index in [-0.39, 0.29) is 0 Å². The fourth-order valence-corrected chi connectivity index (χ4v) is 6.16.